The van der Waals surface area contributed by atoms with E-state index < -0.39 is 5.97 Å². The Morgan fingerprint density at radius 1 is 1.92 bits per heavy atom. The zero-order valence-electron chi connectivity index (χ0n) is 6.61. The molecule has 0 radical (unpaired) electrons. The molecule has 0 aromatic carbocycles. The average molecular weight is 164 g/mol. The third-order valence-electron chi connectivity index (χ3n) is 1.52. The maximum atomic E-state index is 10.6. The maximum Gasteiger partial charge on any atom is 0.354 e. The molecule has 0 atom stereocenters. The molecule has 1 aromatic heterocycles. The minimum Gasteiger partial charge on any atom is -0.477 e. The van der Waals surface area contributed by atoms with Crippen molar-refractivity contribution in [2.45, 2.75) is 13.5 Å². The molecule has 0 aliphatic heterocycles. The van der Waals surface area contributed by atoms with Crippen molar-refractivity contribution in [2.75, 3.05) is 0 Å². The van der Waals surface area contributed by atoms with E-state index in [4.69, 9.17) is 11.5 Å². The van der Waals surface area contributed by atoms with E-state index in [0.29, 0.717) is 5.82 Å². The zero-order valence-corrected chi connectivity index (χ0v) is 6.61. The third-order valence-corrected chi connectivity index (χ3v) is 1.52. The summed E-state index contributed by atoms with van der Waals surface area (Å²) in [4.78, 5) is 14.4. The van der Waals surface area contributed by atoms with Crippen molar-refractivity contribution >= 4 is 5.97 Å². The topological polar surface area (TPSA) is 55.1 Å². The number of aryl methyl sites for hydroxylation is 1. The van der Waals surface area contributed by atoms with Gasteiger partial charge in [-0.1, -0.05) is 5.92 Å². The quantitative estimate of drug-likeness (QED) is 0.648. The molecule has 0 unspecified atom stereocenters. The minimum atomic E-state index is -1.01. The number of rotatable bonds is 2. The number of carbonyl (C=O) groups is 1. The summed E-state index contributed by atoms with van der Waals surface area (Å²) in [5.41, 5.74) is 0.130. The van der Waals surface area contributed by atoms with E-state index in [1.165, 1.54) is 10.8 Å². The number of terminal acetylenes is 1. The van der Waals surface area contributed by atoms with E-state index in [2.05, 4.69) is 10.9 Å². The van der Waals surface area contributed by atoms with Gasteiger partial charge in [-0.25, -0.2) is 9.78 Å². The number of hydrogen-bond donors (Lipinski definition) is 1. The van der Waals surface area contributed by atoms with Crippen LogP contribution in [0.5, 0.6) is 0 Å². The van der Waals surface area contributed by atoms with E-state index in [1.54, 1.807) is 6.92 Å². The van der Waals surface area contributed by atoms with Crippen molar-refractivity contribution in [3.05, 3.63) is 17.7 Å². The molecule has 0 amide bonds. The van der Waals surface area contributed by atoms with E-state index in [9.17, 15) is 4.79 Å². The molecule has 0 spiro atoms. The second-order valence-electron chi connectivity index (χ2n) is 2.29. The summed E-state index contributed by atoms with van der Waals surface area (Å²) in [7, 11) is 0. The Labute approximate surface area is 69.8 Å². The van der Waals surface area contributed by atoms with Crippen LogP contribution in [-0.4, -0.2) is 20.6 Å². The van der Waals surface area contributed by atoms with Gasteiger partial charge in [-0.3, -0.25) is 0 Å². The number of carboxylic acids is 1. The molecule has 4 nitrogen and oxygen atoms in total. The first-order valence-corrected chi connectivity index (χ1v) is 3.35. The van der Waals surface area contributed by atoms with Crippen molar-refractivity contribution in [1.29, 1.82) is 0 Å². The lowest BCUT2D eigenvalue weighted by molar-refractivity contribution is 0.0685. The molecule has 0 bridgehead atoms. The average Bonchev–Trinajstić information content (AvgIpc) is 2.34. The first kappa shape index (κ1) is 8.34. The number of aromatic nitrogens is 2. The van der Waals surface area contributed by atoms with Gasteiger partial charge < -0.3 is 9.67 Å². The second kappa shape index (κ2) is 3.09. The van der Waals surface area contributed by atoms with Gasteiger partial charge in [0.25, 0.3) is 0 Å². The predicted octanol–water partition coefficient (Wildman–Crippen LogP) is 0.523. The minimum absolute atomic E-state index is 0.130. The fraction of sp³-hybridized carbons (Fsp3) is 0.250. The van der Waals surface area contributed by atoms with Gasteiger partial charge in [0.2, 0.25) is 0 Å². The van der Waals surface area contributed by atoms with Gasteiger partial charge in [-0.05, 0) is 6.92 Å². The van der Waals surface area contributed by atoms with Crippen LogP contribution < -0.4 is 0 Å². The highest BCUT2D eigenvalue weighted by molar-refractivity contribution is 5.85. The van der Waals surface area contributed by atoms with Crippen molar-refractivity contribution in [3.63, 3.8) is 0 Å². The molecule has 0 fully saturated rings. The third kappa shape index (κ3) is 1.30. The zero-order chi connectivity index (χ0) is 9.14. The van der Waals surface area contributed by atoms with Gasteiger partial charge in [0, 0.05) is 0 Å². The van der Waals surface area contributed by atoms with Gasteiger partial charge in [-0.15, -0.1) is 6.42 Å². The van der Waals surface area contributed by atoms with Gasteiger partial charge in [-0.2, -0.15) is 0 Å². The molecule has 0 aliphatic carbocycles. The summed E-state index contributed by atoms with van der Waals surface area (Å²) in [6.45, 7) is 1.96. The molecule has 1 rings (SSSR count). The van der Waals surface area contributed by atoms with E-state index in [1.807, 2.05) is 0 Å². The number of nitrogens with zero attached hydrogens (tertiary/aromatic N) is 2. The van der Waals surface area contributed by atoms with Gasteiger partial charge in [0.1, 0.15) is 11.5 Å². The van der Waals surface area contributed by atoms with Crippen LogP contribution in [0.4, 0.5) is 0 Å². The van der Waals surface area contributed by atoms with E-state index in [-0.39, 0.29) is 12.2 Å². The summed E-state index contributed by atoms with van der Waals surface area (Å²) in [5.74, 6) is 1.97. The standard InChI is InChI=1S/C8H8N2O2/c1-3-4-10-6(2)9-5-7(10)8(11)12/h1,5H,4H2,2H3,(H,11,12). The maximum absolute atomic E-state index is 10.6. The molecule has 1 N–H and O–H groups in total. The van der Waals surface area contributed by atoms with Crippen molar-refractivity contribution in [3.8, 4) is 12.3 Å². The number of imidazole rings is 1. The number of aromatic carboxylic acids is 1. The first-order valence-electron chi connectivity index (χ1n) is 3.35. The Balaban J connectivity index is 3.14. The Bertz CT molecular complexity index is 346. The Morgan fingerprint density at radius 3 is 3.08 bits per heavy atom. The van der Waals surface area contributed by atoms with Crippen LogP contribution >= 0.6 is 0 Å². The van der Waals surface area contributed by atoms with Crippen LogP contribution in [0.3, 0.4) is 0 Å². The van der Waals surface area contributed by atoms with Gasteiger partial charge in [0.15, 0.2) is 0 Å². The molecule has 12 heavy (non-hydrogen) atoms. The second-order valence-corrected chi connectivity index (χ2v) is 2.29. The van der Waals surface area contributed by atoms with Crippen LogP contribution in [0.15, 0.2) is 6.20 Å². The lowest BCUT2D eigenvalue weighted by atomic mass is 10.4. The molecule has 1 heterocycles. The Hall–Kier alpha value is -1.76. The summed E-state index contributed by atoms with van der Waals surface area (Å²) in [6, 6.07) is 0. The van der Waals surface area contributed by atoms with E-state index >= 15 is 0 Å². The largest absolute Gasteiger partial charge is 0.477 e. The van der Waals surface area contributed by atoms with Crippen LogP contribution in [0.25, 0.3) is 0 Å². The molecule has 4 heteroatoms. The predicted molar refractivity (Wildman–Crippen MR) is 42.8 cm³/mol. The van der Waals surface area contributed by atoms with Crippen molar-refractivity contribution in [2.24, 2.45) is 0 Å². The molecule has 0 aliphatic rings. The molecular weight excluding hydrogens is 156 g/mol. The van der Waals surface area contributed by atoms with E-state index in [0.717, 1.165) is 0 Å². The van der Waals surface area contributed by atoms with Gasteiger partial charge >= 0.3 is 5.97 Å². The molecular formula is C8H8N2O2. The van der Waals surface area contributed by atoms with Crippen LogP contribution in [-0.2, 0) is 6.54 Å². The highest BCUT2D eigenvalue weighted by Crippen LogP contribution is 2.03. The number of carboxylic acid groups (broad SMARTS) is 1. The van der Waals surface area contributed by atoms with Crippen LogP contribution in [0.1, 0.15) is 16.3 Å². The normalized spacial score (nSPS) is 9.33. The monoisotopic (exact) mass is 164 g/mol. The Morgan fingerprint density at radius 2 is 2.58 bits per heavy atom. The SMILES string of the molecule is C#CCn1c(C(=O)O)cnc1C. The summed E-state index contributed by atoms with van der Waals surface area (Å²) in [6.07, 6.45) is 6.37. The van der Waals surface area contributed by atoms with Gasteiger partial charge in [0.05, 0.1) is 12.7 Å². The van der Waals surface area contributed by atoms with Crippen molar-refractivity contribution in [1.82, 2.24) is 9.55 Å². The van der Waals surface area contributed by atoms with Crippen LogP contribution in [0, 0.1) is 19.3 Å². The number of hydrogen-bond acceptors (Lipinski definition) is 2. The van der Waals surface area contributed by atoms with Crippen molar-refractivity contribution < 1.29 is 9.90 Å². The molecule has 62 valence electrons. The lowest BCUT2D eigenvalue weighted by Crippen LogP contribution is -2.08. The smallest absolute Gasteiger partial charge is 0.354 e. The fourth-order valence-electron chi connectivity index (χ4n) is 0.930. The fourth-order valence-corrected chi connectivity index (χ4v) is 0.930. The summed E-state index contributed by atoms with van der Waals surface area (Å²) >= 11 is 0. The molecule has 0 saturated carbocycles. The highest BCUT2D eigenvalue weighted by Gasteiger charge is 2.11. The summed E-state index contributed by atoms with van der Waals surface area (Å²) < 4.78 is 1.47. The summed E-state index contributed by atoms with van der Waals surface area (Å²) in [5, 5.41) is 8.68. The Kier molecular flexibility index (Phi) is 2.15. The highest BCUT2D eigenvalue weighted by atomic mass is 16.4. The molecule has 1 aromatic rings. The lowest BCUT2D eigenvalue weighted by Gasteiger charge is -2.01. The van der Waals surface area contributed by atoms with Crippen LogP contribution in [0.2, 0.25) is 0 Å². The molecule has 0 saturated heterocycles. The first-order chi connectivity index (χ1) is 5.66.